The maximum absolute atomic E-state index is 11.9. The van der Waals surface area contributed by atoms with E-state index in [2.05, 4.69) is 22.0 Å². The van der Waals surface area contributed by atoms with Gasteiger partial charge in [0.15, 0.2) is 5.78 Å². The van der Waals surface area contributed by atoms with Crippen molar-refractivity contribution >= 4 is 33.0 Å². The fourth-order valence-electron chi connectivity index (χ4n) is 1.64. The predicted molar refractivity (Wildman–Crippen MR) is 58.5 cm³/mol. The van der Waals surface area contributed by atoms with E-state index < -0.39 is 0 Å². The SMILES string of the molecule is CC1(C)CCc2cc(Br)sc2C1=O. The molecule has 0 N–H and O–H groups in total. The Kier molecular flexibility index (Phi) is 2.11. The van der Waals surface area contributed by atoms with Crippen LogP contribution in [0.5, 0.6) is 0 Å². The number of carbonyl (C=O) groups excluding carboxylic acids is 1. The number of rotatable bonds is 0. The molecule has 70 valence electrons. The van der Waals surface area contributed by atoms with Crippen LogP contribution in [0.1, 0.15) is 35.5 Å². The number of ketones is 1. The van der Waals surface area contributed by atoms with Gasteiger partial charge < -0.3 is 0 Å². The van der Waals surface area contributed by atoms with Gasteiger partial charge in [-0.1, -0.05) is 13.8 Å². The Morgan fingerprint density at radius 3 is 2.92 bits per heavy atom. The predicted octanol–water partition coefficient (Wildman–Crippen LogP) is 3.67. The minimum atomic E-state index is -0.155. The minimum Gasteiger partial charge on any atom is -0.293 e. The van der Waals surface area contributed by atoms with Crippen molar-refractivity contribution in [2.75, 3.05) is 0 Å². The standard InChI is InChI=1S/C10H11BrOS/c1-10(2)4-3-6-5-7(11)13-8(6)9(10)12/h5H,3-4H2,1-2H3. The fourth-order valence-corrected chi connectivity index (χ4v) is 3.46. The molecule has 1 nitrogen and oxygen atoms in total. The summed E-state index contributed by atoms with van der Waals surface area (Å²) in [6.45, 7) is 4.07. The highest BCUT2D eigenvalue weighted by Gasteiger charge is 2.35. The van der Waals surface area contributed by atoms with Crippen LogP contribution >= 0.6 is 27.3 Å². The number of fused-ring (bicyclic) bond motifs is 1. The van der Waals surface area contributed by atoms with Gasteiger partial charge in [-0.3, -0.25) is 4.79 Å². The van der Waals surface area contributed by atoms with Gasteiger partial charge in [-0.15, -0.1) is 11.3 Å². The summed E-state index contributed by atoms with van der Waals surface area (Å²) < 4.78 is 1.07. The van der Waals surface area contributed by atoms with Crippen molar-refractivity contribution in [3.8, 4) is 0 Å². The van der Waals surface area contributed by atoms with Crippen molar-refractivity contribution in [3.05, 3.63) is 20.3 Å². The third kappa shape index (κ3) is 1.48. The number of hydrogen-bond acceptors (Lipinski definition) is 2. The molecule has 0 fully saturated rings. The topological polar surface area (TPSA) is 17.1 Å². The lowest BCUT2D eigenvalue weighted by molar-refractivity contribution is 0.0816. The Hall–Kier alpha value is -0.150. The third-order valence-electron chi connectivity index (χ3n) is 2.62. The first-order chi connectivity index (χ1) is 6.00. The van der Waals surface area contributed by atoms with Gasteiger partial charge in [0.25, 0.3) is 0 Å². The molecule has 0 spiro atoms. The fraction of sp³-hybridized carbons (Fsp3) is 0.500. The Balaban J connectivity index is 2.51. The van der Waals surface area contributed by atoms with Crippen molar-refractivity contribution in [2.45, 2.75) is 26.7 Å². The third-order valence-corrected chi connectivity index (χ3v) is 4.30. The second-order valence-corrected chi connectivity index (χ2v) is 6.55. The van der Waals surface area contributed by atoms with E-state index in [9.17, 15) is 4.79 Å². The van der Waals surface area contributed by atoms with Crippen LogP contribution in [0.25, 0.3) is 0 Å². The number of thiophene rings is 1. The van der Waals surface area contributed by atoms with E-state index in [0.717, 1.165) is 21.5 Å². The first kappa shape index (κ1) is 9.41. The molecule has 0 unspecified atom stereocenters. The highest BCUT2D eigenvalue weighted by molar-refractivity contribution is 9.11. The van der Waals surface area contributed by atoms with Gasteiger partial charge in [-0.05, 0) is 40.4 Å². The smallest absolute Gasteiger partial charge is 0.178 e. The zero-order chi connectivity index (χ0) is 9.64. The van der Waals surface area contributed by atoms with Crippen LogP contribution in [0.4, 0.5) is 0 Å². The van der Waals surface area contributed by atoms with Crippen molar-refractivity contribution in [3.63, 3.8) is 0 Å². The maximum atomic E-state index is 11.9. The van der Waals surface area contributed by atoms with Crippen LogP contribution in [0.2, 0.25) is 0 Å². The zero-order valence-electron chi connectivity index (χ0n) is 7.69. The molecule has 0 saturated carbocycles. The molecule has 1 aromatic heterocycles. The lowest BCUT2D eigenvalue weighted by Gasteiger charge is -2.27. The van der Waals surface area contributed by atoms with E-state index in [1.807, 2.05) is 13.8 Å². The van der Waals surface area contributed by atoms with Crippen LogP contribution < -0.4 is 0 Å². The van der Waals surface area contributed by atoms with Crippen LogP contribution in [-0.2, 0) is 6.42 Å². The van der Waals surface area contributed by atoms with Gasteiger partial charge in [0.2, 0.25) is 0 Å². The van der Waals surface area contributed by atoms with Crippen molar-refractivity contribution < 1.29 is 4.79 Å². The number of Topliss-reactive ketones (excluding diaryl/α,β-unsaturated/α-hetero) is 1. The number of hydrogen-bond donors (Lipinski definition) is 0. The van der Waals surface area contributed by atoms with Crippen LogP contribution in [0, 0.1) is 5.41 Å². The summed E-state index contributed by atoms with van der Waals surface area (Å²) >= 11 is 4.99. The van der Waals surface area contributed by atoms with Crippen LogP contribution in [0.15, 0.2) is 9.85 Å². The molecule has 3 heteroatoms. The molecule has 2 rings (SSSR count). The number of carbonyl (C=O) groups is 1. The first-order valence-corrected chi connectivity index (χ1v) is 5.95. The molecule has 0 aliphatic heterocycles. The first-order valence-electron chi connectivity index (χ1n) is 4.34. The largest absolute Gasteiger partial charge is 0.293 e. The van der Waals surface area contributed by atoms with Gasteiger partial charge in [0.05, 0.1) is 8.66 Å². The zero-order valence-corrected chi connectivity index (χ0v) is 10.1. The van der Waals surface area contributed by atoms with Crippen molar-refractivity contribution in [1.82, 2.24) is 0 Å². The van der Waals surface area contributed by atoms with E-state index in [0.29, 0.717) is 5.78 Å². The molecular weight excluding hydrogens is 248 g/mol. The van der Waals surface area contributed by atoms with E-state index in [1.54, 1.807) is 11.3 Å². The molecule has 0 bridgehead atoms. The lowest BCUT2D eigenvalue weighted by atomic mass is 9.77. The average molecular weight is 259 g/mol. The molecular formula is C10H11BrOS. The highest BCUT2D eigenvalue weighted by Crippen LogP contribution is 2.40. The van der Waals surface area contributed by atoms with E-state index in [4.69, 9.17) is 0 Å². The van der Waals surface area contributed by atoms with Gasteiger partial charge in [0, 0.05) is 5.41 Å². The Bertz CT molecular complexity index is 365. The number of halogens is 1. The summed E-state index contributed by atoms with van der Waals surface area (Å²) in [5.41, 5.74) is 1.07. The summed E-state index contributed by atoms with van der Waals surface area (Å²) in [4.78, 5) is 12.9. The normalized spacial score (nSPS) is 20.1. The van der Waals surface area contributed by atoms with E-state index in [1.165, 1.54) is 5.56 Å². The summed E-state index contributed by atoms with van der Waals surface area (Å²) in [6, 6.07) is 2.08. The molecule has 0 radical (unpaired) electrons. The summed E-state index contributed by atoms with van der Waals surface area (Å²) in [6.07, 6.45) is 2.01. The molecule has 1 aliphatic rings. The van der Waals surface area contributed by atoms with Crippen LogP contribution in [0.3, 0.4) is 0 Å². The Morgan fingerprint density at radius 1 is 1.54 bits per heavy atom. The van der Waals surface area contributed by atoms with Crippen LogP contribution in [-0.4, -0.2) is 5.78 Å². The van der Waals surface area contributed by atoms with Crippen molar-refractivity contribution in [1.29, 1.82) is 0 Å². The van der Waals surface area contributed by atoms with Gasteiger partial charge in [-0.25, -0.2) is 0 Å². The quantitative estimate of drug-likeness (QED) is 0.694. The molecule has 0 aromatic carbocycles. The Morgan fingerprint density at radius 2 is 2.23 bits per heavy atom. The molecule has 1 aromatic rings. The van der Waals surface area contributed by atoms with Gasteiger partial charge in [0.1, 0.15) is 0 Å². The molecule has 13 heavy (non-hydrogen) atoms. The molecule has 0 atom stereocenters. The molecule has 0 amide bonds. The summed E-state index contributed by atoms with van der Waals surface area (Å²) in [5, 5.41) is 0. The van der Waals surface area contributed by atoms with Gasteiger partial charge >= 0.3 is 0 Å². The lowest BCUT2D eigenvalue weighted by Crippen LogP contribution is -2.28. The van der Waals surface area contributed by atoms with Crippen molar-refractivity contribution in [2.24, 2.45) is 5.41 Å². The monoisotopic (exact) mass is 258 g/mol. The highest BCUT2D eigenvalue weighted by atomic mass is 79.9. The molecule has 0 saturated heterocycles. The van der Waals surface area contributed by atoms with E-state index >= 15 is 0 Å². The Labute approximate surface area is 90.3 Å². The van der Waals surface area contributed by atoms with Gasteiger partial charge in [-0.2, -0.15) is 0 Å². The summed E-state index contributed by atoms with van der Waals surface area (Å²) in [7, 11) is 0. The minimum absolute atomic E-state index is 0.155. The molecule has 1 heterocycles. The second-order valence-electron chi connectivity index (χ2n) is 4.12. The molecule has 1 aliphatic carbocycles. The maximum Gasteiger partial charge on any atom is 0.178 e. The number of aryl methyl sites for hydroxylation is 1. The average Bonchev–Trinajstić information content (AvgIpc) is 2.40. The second kappa shape index (κ2) is 2.92. The van der Waals surface area contributed by atoms with E-state index in [-0.39, 0.29) is 5.41 Å². The summed E-state index contributed by atoms with van der Waals surface area (Å²) in [5.74, 6) is 0.310.